The van der Waals surface area contributed by atoms with Gasteiger partial charge in [-0.3, -0.25) is 4.90 Å². The lowest BCUT2D eigenvalue weighted by molar-refractivity contribution is 0.313. The van der Waals surface area contributed by atoms with Gasteiger partial charge in [0, 0.05) is 12.6 Å². The van der Waals surface area contributed by atoms with Crippen LogP contribution in [0.5, 0.6) is 0 Å². The van der Waals surface area contributed by atoms with Gasteiger partial charge in [0.25, 0.3) is 0 Å². The molecule has 1 aromatic rings. The monoisotopic (exact) mass is 272 g/mol. The zero-order chi connectivity index (χ0) is 13.9. The van der Waals surface area contributed by atoms with Crippen molar-refractivity contribution in [1.29, 1.82) is 0 Å². The van der Waals surface area contributed by atoms with E-state index in [0.717, 1.165) is 19.0 Å². The van der Waals surface area contributed by atoms with E-state index in [-0.39, 0.29) is 0 Å². The quantitative estimate of drug-likeness (QED) is 0.909. The largest absolute Gasteiger partial charge is 0.330 e. The Morgan fingerprint density at radius 1 is 1.05 bits per heavy atom. The van der Waals surface area contributed by atoms with Gasteiger partial charge in [0.05, 0.1) is 0 Å². The Kier molecular flexibility index (Phi) is 4.42. The fraction of sp³-hybridized carbons (Fsp3) is 0.667. The van der Waals surface area contributed by atoms with Crippen molar-refractivity contribution < 1.29 is 0 Å². The number of rotatable bonds is 3. The predicted molar refractivity (Wildman–Crippen MR) is 84.8 cm³/mol. The first kappa shape index (κ1) is 14.1. The van der Waals surface area contributed by atoms with Crippen LogP contribution in [0.2, 0.25) is 0 Å². The lowest BCUT2D eigenvalue weighted by atomic mass is 9.83. The second-order valence-electron chi connectivity index (χ2n) is 6.79. The number of hydrogen-bond donors (Lipinski definition) is 1. The lowest BCUT2D eigenvalue weighted by Crippen LogP contribution is -2.20. The molecular weight excluding hydrogens is 244 g/mol. The summed E-state index contributed by atoms with van der Waals surface area (Å²) in [4.78, 5) is 2.47. The van der Waals surface area contributed by atoms with E-state index in [0.29, 0.717) is 12.0 Å². The highest BCUT2D eigenvalue weighted by atomic mass is 15.2. The van der Waals surface area contributed by atoms with Crippen LogP contribution in [0, 0.1) is 5.92 Å². The van der Waals surface area contributed by atoms with E-state index >= 15 is 0 Å². The van der Waals surface area contributed by atoms with E-state index in [2.05, 4.69) is 36.2 Å². The smallest absolute Gasteiger partial charge is 0.0348 e. The van der Waals surface area contributed by atoms with Gasteiger partial charge in [-0.15, -0.1) is 0 Å². The summed E-state index contributed by atoms with van der Waals surface area (Å²) in [6.45, 7) is 1.96. The summed E-state index contributed by atoms with van der Waals surface area (Å²) in [6.07, 6.45) is 8.25. The molecule has 2 unspecified atom stereocenters. The maximum Gasteiger partial charge on any atom is 0.0348 e. The SMILES string of the molecule is CN1CC(CN)CC1c1ccc(C2CCCCC2)cc1. The Bertz CT molecular complexity index is 420. The van der Waals surface area contributed by atoms with Crippen LogP contribution in [0.3, 0.4) is 0 Å². The van der Waals surface area contributed by atoms with Crippen LogP contribution in [0.15, 0.2) is 24.3 Å². The first-order valence-corrected chi connectivity index (χ1v) is 8.28. The second kappa shape index (κ2) is 6.28. The van der Waals surface area contributed by atoms with E-state index in [1.165, 1.54) is 44.1 Å². The maximum absolute atomic E-state index is 5.83. The highest BCUT2D eigenvalue weighted by Gasteiger charge is 2.29. The molecule has 0 radical (unpaired) electrons. The van der Waals surface area contributed by atoms with Gasteiger partial charge >= 0.3 is 0 Å². The van der Waals surface area contributed by atoms with Gasteiger partial charge < -0.3 is 5.73 Å². The van der Waals surface area contributed by atoms with Gasteiger partial charge in [0.2, 0.25) is 0 Å². The zero-order valence-electron chi connectivity index (χ0n) is 12.7. The van der Waals surface area contributed by atoms with E-state index < -0.39 is 0 Å². The minimum atomic E-state index is 0.573. The van der Waals surface area contributed by atoms with Crippen molar-refractivity contribution in [2.45, 2.75) is 50.5 Å². The van der Waals surface area contributed by atoms with Gasteiger partial charge in [-0.05, 0) is 55.8 Å². The van der Waals surface area contributed by atoms with E-state index in [1.54, 1.807) is 5.56 Å². The van der Waals surface area contributed by atoms with Crippen molar-refractivity contribution in [3.05, 3.63) is 35.4 Å². The molecule has 1 aliphatic carbocycles. The molecule has 2 heteroatoms. The molecule has 2 aliphatic rings. The Morgan fingerprint density at radius 3 is 2.30 bits per heavy atom. The second-order valence-corrected chi connectivity index (χ2v) is 6.79. The molecule has 2 fully saturated rings. The molecule has 1 heterocycles. The van der Waals surface area contributed by atoms with Crippen LogP contribution in [0.4, 0.5) is 0 Å². The molecule has 1 aromatic carbocycles. The molecule has 2 atom stereocenters. The summed E-state index contributed by atoms with van der Waals surface area (Å²) >= 11 is 0. The number of hydrogen-bond acceptors (Lipinski definition) is 2. The van der Waals surface area contributed by atoms with Crippen molar-refractivity contribution >= 4 is 0 Å². The summed E-state index contributed by atoms with van der Waals surface area (Å²) in [7, 11) is 2.23. The molecule has 0 amide bonds. The normalized spacial score (nSPS) is 28.9. The van der Waals surface area contributed by atoms with Crippen molar-refractivity contribution in [3.8, 4) is 0 Å². The maximum atomic E-state index is 5.83. The van der Waals surface area contributed by atoms with Gasteiger partial charge in [-0.1, -0.05) is 43.5 Å². The van der Waals surface area contributed by atoms with Crippen molar-refractivity contribution in [1.82, 2.24) is 4.90 Å². The Labute approximate surface area is 123 Å². The predicted octanol–water partition coefficient (Wildman–Crippen LogP) is 3.69. The van der Waals surface area contributed by atoms with Gasteiger partial charge in [-0.25, -0.2) is 0 Å². The third-order valence-electron chi connectivity index (χ3n) is 5.37. The van der Waals surface area contributed by atoms with Gasteiger partial charge in [0.15, 0.2) is 0 Å². The van der Waals surface area contributed by atoms with Crippen LogP contribution in [-0.2, 0) is 0 Å². The summed E-state index contributed by atoms with van der Waals surface area (Å²) < 4.78 is 0. The molecule has 0 spiro atoms. The molecule has 1 saturated carbocycles. The zero-order valence-corrected chi connectivity index (χ0v) is 12.7. The van der Waals surface area contributed by atoms with Crippen molar-refractivity contribution in [2.24, 2.45) is 11.7 Å². The van der Waals surface area contributed by atoms with E-state index in [9.17, 15) is 0 Å². The third kappa shape index (κ3) is 2.91. The molecule has 2 N–H and O–H groups in total. The Balaban J connectivity index is 1.69. The number of likely N-dealkylation sites (tertiary alicyclic amines) is 1. The van der Waals surface area contributed by atoms with Crippen LogP contribution < -0.4 is 5.73 Å². The first-order chi connectivity index (χ1) is 9.78. The average Bonchev–Trinajstić information content (AvgIpc) is 2.89. The van der Waals surface area contributed by atoms with E-state index in [4.69, 9.17) is 5.73 Å². The number of benzene rings is 1. The molecule has 2 nitrogen and oxygen atoms in total. The highest BCUT2D eigenvalue weighted by molar-refractivity contribution is 5.28. The van der Waals surface area contributed by atoms with Crippen LogP contribution in [0.1, 0.15) is 61.6 Å². The fourth-order valence-corrected chi connectivity index (χ4v) is 4.09. The lowest BCUT2D eigenvalue weighted by Gasteiger charge is -2.24. The molecule has 1 saturated heterocycles. The molecule has 20 heavy (non-hydrogen) atoms. The standard InChI is InChI=1S/C18H28N2/c1-20-13-14(12-19)11-18(20)17-9-7-16(8-10-17)15-5-3-2-4-6-15/h7-10,14-15,18H,2-6,11-13,19H2,1H3. The first-order valence-electron chi connectivity index (χ1n) is 8.28. The van der Waals surface area contributed by atoms with Gasteiger partial charge in [-0.2, -0.15) is 0 Å². The molecule has 1 aliphatic heterocycles. The number of nitrogens with zero attached hydrogens (tertiary/aromatic N) is 1. The van der Waals surface area contributed by atoms with Crippen molar-refractivity contribution in [3.63, 3.8) is 0 Å². The Morgan fingerprint density at radius 2 is 1.70 bits per heavy atom. The molecule has 110 valence electrons. The minimum absolute atomic E-state index is 0.573. The van der Waals surface area contributed by atoms with Gasteiger partial charge in [0.1, 0.15) is 0 Å². The summed E-state index contributed by atoms with van der Waals surface area (Å²) in [5.41, 5.74) is 8.87. The average molecular weight is 272 g/mol. The van der Waals surface area contributed by atoms with Crippen LogP contribution >= 0.6 is 0 Å². The minimum Gasteiger partial charge on any atom is -0.330 e. The van der Waals surface area contributed by atoms with Crippen molar-refractivity contribution in [2.75, 3.05) is 20.1 Å². The fourth-order valence-electron chi connectivity index (χ4n) is 4.09. The van der Waals surface area contributed by atoms with Crippen LogP contribution in [-0.4, -0.2) is 25.0 Å². The molecule has 0 aromatic heterocycles. The summed E-state index contributed by atoms with van der Waals surface area (Å²) in [5.74, 6) is 1.49. The Hall–Kier alpha value is -0.860. The van der Waals surface area contributed by atoms with Crippen LogP contribution in [0.25, 0.3) is 0 Å². The topological polar surface area (TPSA) is 29.3 Å². The molecule has 3 rings (SSSR count). The van der Waals surface area contributed by atoms with E-state index in [1.807, 2.05) is 0 Å². The number of nitrogens with two attached hydrogens (primary N) is 1. The highest BCUT2D eigenvalue weighted by Crippen LogP contribution is 2.36. The summed E-state index contributed by atoms with van der Waals surface area (Å²) in [5, 5.41) is 0. The molecule has 0 bridgehead atoms. The molecular formula is C18H28N2. The summed E-state index contributed by atoms with van der Waals surface area (Å²) in [6, 6.07) is 10.1. The third-order valence-corrected chi connectivity index (χ3v) is 5.37.